The van der Waals surface area contributed by atoms with Gasteiger partial charge in [-0.2, -0.15) is 0 Å². The minimum absolute atomic E-state index is 0.166. The summed E-state index contributed by atoms with van der Waals surface area (Å²) in [6, 6.07) is 12.4. The summed E-state index contributed by atoms with van der Waals surface area (Å²) in [6.45, 7) is 0.947. The van der Waals surface area contributed by atoms with Gasteiger partial charge in [0.25, 0.3) is 5.91 Å². The minimum Gasteiger partial charge on any atom is -0.495 e. The van der Waals surface area contributed by atoms with E-state index in [-0.39, 0.29) is 18.0 Å². The van der Waals surface area contributed by atoms with Gasteiger partial charge < -0.3 is 20.5 Å². The Morgan fingerprint density at radius 1 is 1.25 bits per heavy atom. The summed E-state index contributed by atoms with van der Waals surface area (Å²) in [5.74, 6) is -1.20. The molecule has 1 aliphatic heterocycles. The van der Waals surface area contributed by atoms with E-state index in [2.05, 4.69) is 10.6 Å². The van der Waals surface area contributed by atoms with Crippen LogP contribution in [0.1, 0.15) is 15.9 Å². The smallest absolute Gasteiger partial charge is 0.326 e. The zero-order valence-corrected chi connectivity index (χ0v) is 15.3. The molecule has 0 bridgehead atoms. The molecule has 2 aromatic carbocycles. The molecule has 0 aliphatic carbocycles. The minimum atomic E-state index is -1.12. The number of nitrogens with one attached hydrogen (secondary N) is 2. The van der Waals surface area contributed by atoms with Gasteiger partial charge in [-0.15, -0.1) is 0 Å². The summed E-state index contributed by atoms with van der Waals surface area (Å²) < 4.78 is 5.29. The van der Waals surface area contributed by atoms with Gasteiger partial charge in [-0.3, -0.25) is 9.69 Å². The number of hydrogen-bond acceptors (Lipinski definition) is 4. The Morgan fingerprint density at radius 2 is 2.00 bits per heavy atom. The van der Waals surface area contributed by atoms with E-state index in [0.29, 0.717) is 24.5 Å². The number of carbonyl (C=O) groups is 3. The van der Waals surface area contributed by atoms with Crippen LogP contribution < -0.4 is 20.3 Å². The molecule has 0 aromatic heterocycles. The number of amides is 3. The molecule has 8 heteroatoms. The Labute approximate surface area is 162 Å². The van der Waals surface area contributed by atoms with Crippen molar-refractivity contribution in [1.29, 1.82) is 0 Å². The number of anilines is 1. The van der Waals surface area contributed by atoms with Gasteiger partial charge in [0.2, 0.25) is 0 Å². The lowest BCUT2D eigenvalue weighted by Gasteiger charge is -2.19. The van der Waals surface area contributed by atoms with Gasteiger partial charge >= 0.3 is 12.0 Å². The first-order chi connectivity index (χ1) is 13.5. The molecule has 1 fully saturated rings. The molecule has 0 spiro atoms. The molecule has 3 amide bonds. The number of nitrogens with zero attached hydrogens (tertiary/aromatic N) is 1. The summed E-state index contributed by atoms with van der Waals surface area (Å²) in [7, 11) is 1.48. The Morgan fingerprint density at radius 3 is 2.61 bits per heavy atom. The second kappa shape index (κ2) is 8.43. The number of aliphatic carboxylic acids is 1. The van der Waals surface area contributed by atoms with Crippen LogP contribution >= 0.6 is 0 Å². The summed E-state index contributed by atoms with van der Waals surface area (Å²) in [6.07, 6.45) is 0.166. The van der Waals surface area contributed by atoms with Crippen LogP contribution in [0.15, 0.2) is 48.5 Å². The number of hydrogen-bond donors (Lipinski definition) is 3. The zero-order valence-electron chi connectivity index (χ0n) is 15.3. The van der Waals surface area contributed by atoms with Gasteiger partial charge in [-0.1, -0.05) is 30.3 Å². The van der Waals surface area contributed by atoms with Crippen molar-refractivity contribution >= 4 is 23.6 Å². The molecule has 2 aromatic rings. The van der Waals surface area contributed by atoms with E-state index < -0.39 is 17.9 Å². The Hall–Kier alpha value is -3.55. The molecule has 1 aliphatic rings. The summed E-state index contributed by atoms with van der Waals surface area (Å²) in [5, 5.41) is 14.7. The third-order valence-corrected chi connectivity index (χ3v) is 4.47. The predicted octanol–water partition coefficient (Wildman–Crippen LogP) is 1.65. The first-order valence-electron chi connectivity index (χ1n) is 8.80. The molecule has 0 unspecified atom stereocenters. The average molecular weight is 383 g/mol. The van der Waals surface area contributed by atoms with Crippen molar-refractivity contribution in [3.05, 3.63) is 59.7 Å². The third-order valence-electron chi connectivity index (χ3n) is 4.47. The molecule has 1 saturated heterocycles. The largest absolute Gasteiger partial charge is 0.495 e. The topological polar surface area (TPSA) is 108 Å². The van der Waals surface area contributed by atoms with E-state index in [4.69, 9.17) is 4.74 Å². The highest BCUT2D eigenvalue weighted by molar-refractivity contribution is 6.00. The Kier molecular flexibility index (Phi) is 5.78. The quantitative estimate of drug-likeness (QED) is 0.674. The van der Waals surface area contributed by atoms with Crippen LogP contribution in [0.5, 0.6) is 5.75 Å². The van der Waals surface area contributed by atoms with E-state index in [0.717, 1.165) is 5.56 Å². The first kappa shape index (κ1) is 19.2. The van der Waals surface area contributed by atoms with Crippen molar-refractivity contribution in [2.75, 3.05) is 25.1 Å². The van der Waals surface area contributed by atoms with Gasteiger partial charge in [0.1, 0.15) is 11.8 Å². The van der Waals surface area contributed by atoms with Crippen molar-refractivity contribution in [3.8, 4) is 5.75 Å². The van der Waals surface area contributed by atoms with E-state index in [1.807, 2.05) is 18.2 Å². The highest BCUT2D eigenvalue weighted by Gasteiger charge is 2.26. The van der Waals surface area contributed by atoms with Crippen molar-refractivity contribution in [1.82, 2.24) is 10.6 Å². The Bertz CT molecular complexity index is 885. The van der Waals surface area contributed by atoms with Gasteiger partial charge in [-0.05, 0) is 23.8 Å². The van der Waals surface area contributed by atoms with E-state index >= 15 is 0 Å². The van der Waals surface area contributed by atoms with Crippen molar-refractivity contribution in [2.24, 2.45) is 0 Å². The molecule has 146 valence electrons. The second-order valence-electron chi connectivity index (χ2n) is 6.32. The second-order valence-corrected chi connectivity index (χ2v) is 6.32. The standard InChI is InChI=1S/C20H21N3O5/c1-28-17-8-7-14(12-16(17)23-10-9-21-20(23)27)18(24)22-15(19(25)26)11-13-5-3-2-4-6-13/h2-8,12,15H,9-11H2,1H3,(H,21,27)(H,22,24)(H,25,26)/t15-/m0/s1. The van der Waals surface area contributed by atoms with Crippen LogP contribution in [-0.4, -0.2) is 49.3 Å². The number of rotatable bonds is 7. The number of ether oxygens (including phenoxy) is 1. The molecular weight excluding hydrogens is 362 g/mol. The fourth-order valence-electron chi connectivity index (χ4n) is 3.04. The molecular formula is C20H21N3O5. The number of carboxylic acids is 1. The number of carbonyl (C=O) groups excluding carboxylic acids is 2. The predicted molar refractivity (Wildman–Crippen MR) is 103 cm³/mol. The average Bonchev–Trinajstić information content (AvgIpc) is 3.13. The van der Waals surface area contributed by atoms with E-state index in [1.54, 1.807) is 18.2 Å². The number of carboxylic acid groups (broad SMARTS) is 1. The van der Waals surface area contributed by atoms with Crippen LogP contribution in [0.4, 0.5) is 10.5 Å². The maximum Gasteiger partial charge on any atom is 0.326 e. The maximum absolute atomic E-state index is 12.7. The van der Waals surface area contributed by atoms with E-state index in [1.165, 1.54) is 24.1 Å². The normalized spacial score (nSPS) is 14.3. The van der Waals surface area contributed by atoms with Crippen LogP contribution in [-0.2, 0) is 11.2 Å². The zero-order chi connectivity index (χ0) is 20.1. The van der Waals surface area contributed by atoms with Gasteiger partial charge in [0, 0.05) is 25.1 Å². The van der Waals surface area contributed by atoms with Crippen molar-refractivity contribution < 1.29 is 24.2 Å². The lowest BCUT2D eigenvalue weighted by atomic mass is 10.1. The molecule has 8 nitrogen and oxygen atoms in total. The fourth-order valence-corrected chi connectivity index (χ4v) is 3.04. The number of methoxy groups -OCH3 is 1. The molecule has 0 saturated carbocycles. The Balaban J connectivity index is 1.80. The van der Waals surface area contributed by atoms with Gasteiger partial charge in [0.15, 0.2) is 0 Å². The summed E-state index contributed by atoms with van der Waals surface area (Å²) in [4.78, 5) is 37.7. The molecule has 1 heterocycles. The first-order valence-corrected chi connectivity index (χ1v) is 8.80. The lowest BCUT2D eigenvalue weighted by Crippen LogP contribution is -2.42. The third kappa shape index (κ3) is 4.22. The van der Waals surface area contributed by atoms with Gasteiger partial charge in [0.05, 0.1) is 12.8 Å². The number of urea groups is 1. The molecule has 3 N–H and O–H groups in total. The maximum atomic E-state index is 12.7. The van der Waals surface area contributed by atoms with Crippen molar-refractivity contribution in [2.45, 2.75) is 12.5 Å². The van der Waals surface area contributed by atoms with Crippen LogP contribution in [0.2, 0.25) is 0 Å². The van der Waals surface area contributed by atoms with Crippen LogP contribution in [0.25, 0.3) is 0 Å². The molecule has 0 radical (unpaired) electrons. The highest BCUT2D eigenvalue weighted by Crippen LogP contribution is 2.30. The lowest BCUT2D eigenvalue weighted by molar-refractivity contribution is -0.139. The molecule has 28 heavy (non-hydrogen) atoms. The SMILES string of the molecule is COc1ccc(C(=O)N[C@@H](Cc2ccccc2)C(=O)O)cc1N1CCNC1=O. The molecule has 1 atom stereocenters. The van der Waals surface area contributed by atoms with Gasteiger partial charge in [-0.25, -0.2) is 9.59 Å². The van der Waals surface area contributed by atoms with E-state index in [9.17, 15) is 19.5 Å². The van der Waals surface area contributed by atoms with Crippen molar-refractivity contribution in [3.63, 3.8) is 0 Å². The van der Waals surface area contributed by atoms with Crippen LogP contribution in [0.3, 0.4) is 0 Å². The number of benzene rings is 2. The monoisotopic (exact) mass is 383 g/mol. The summed E-state index contributed by atoms with van der Waals surface area (Å²) in [5.41, 5.74) is 1.51. The fraction of sp³-hybridized carbons (Fsp3) is 0.250. The highest BCUT2D eigenvalue weighted by atomic mass is 16.5. The summed E-state index contributed by atoms with van der Waals surface area (Å²) >= 11 is 0. The molecule has 3 rings (SSSR count). The van der Waals surface area contributed by atoms with Crippen LogP contribution in [0, 0.1) is 0 Å².